The van der Waals surface area contributed by atoms with E-state index in [0.29, 0.717) is 11.3 Å². The summed E-state index contributed by atoms with van der Waals surface area (Å²) in [6.07, 6.45) is -0.858. The number of phenols is 1. The van der Waals surface area contributed by atoms with Crippen LogP contribution in [0.2, 0.25) is 0 Å². The van der Waals surface area contributed by atoms with Gasteiger partial charge in [0.25, 0.3) is 0 Å². The Kier molecular flexibility index (Phi) is 5.01. The number of amides is 2. The van der Waals surface area contributed by atoms with Crippen LogP contribution >= 0.6 is 0 Å². The largest absolute Gasteiger partial charge is 0.508 e. The molecule has 0 aliphatic carbocycles. The average Bonchev–Trinajstić information content (AvgIpc) is 2.47. The summed E-state index contributed by atoms with van der Waals surface area (Å²) in [5, 5.41) is 24.9. The van der Waals surface area contributed by atoms with Gasteiger partial charge in [0, 0.05) is 5.69 Å². The smallest absolute Gasteiger partial charge is 0.319 e. The Bertz CT molecular complexity index is 641. The van der Waals surface area contributed by atoms with E-state index in [1.54, 1.807) is 25.1 Å². The minimum absolute atomic E-state index is 0.133. The number of nitrogens with one attached hydrogen (secondary N) is 2. The van der Waals surface area contributed by atoms with E-state index in [2.05, 4.69) is 10.6 Å². The van der Waals surface area contributed by atoms with Crippen molar-refractivity contribution in [3.63, 3.8) is 0 Å². The zero-order valence-corrected chi connectivity index (χ0v) is 12.6. The third kappa shape index (κ3) is 4.23. The van der Waals surface area contributed by atoms with Gasteiger partial charge in [-0.25, -0.2) is 4.79 Å². The summed E-state index contributed by atoms with van der Waals surface area (Å²) < 4.78 is 0. The summed E-state index contributed by atoms with van der Waals surface area (Å²) in [5.41, 5.74) is 2.37. The molecule has 0 bridgehead atoms. The molecule has 116 valence electrons. The van der Waals surface area contributed by atoms with Gasteiger partial charge in [0.2, 0.25) is 0 Å². The van der Waals surface area contributed by atoms with Gasteiger partial charge in [-0.3, -0.25) is 0 Å². The first-order valence-corrected chi connectivity index (χ1v) is 7.07. The number of hydrogen-bond donors (Lipinski definition) is 4. The molecule has 5 nitrogen and oxygen atoms in total. The Hall–Kier alpha value is -2.53. The number of benzene rings is 2. The van der Waals surface area contributed by atoms with E-state index in [9.17, 15) is 15.0 Å². The van der Waals surface area contributed by atoms with Crippen LogP contribution in [-0.2, 0) is 0 Å². The molecule has 22 heavy (non-hydrogen) atoms. The van der Waals surface area contributed by atoms with Gasteiger partial charge in [0.1, 0.15) is 5.75 Å². The van der Waals surface area contributed by atoms with Gasteiger partial charge in [-0.05, 0) is 49.2 Å². The summed E-state index contributed by atoms with van der Waals surface area (Å²) in [7, 11) is 0. The Morgan fingerprint density at radius 2 is 1.82 bits per heavy atom. The van der Waals surface area contributed by atoms with Crippen LogP contribution in [0.15, 0.2) is 48.5 Å². The third-order valence-corrected chi connectivity index (χ3v) is 3.34. The quantitative estimate of drug-likeness (QED) is 0.700. The van der Waals surface area contributed by atoms with Gasteiger partial charge in [-0.15, -0.1) is 0 Å². The minimum atomic E-state index is -0.858. The standard InChI is InChI=1S/C17H20N2O3/c1-11-4-3-5-14(10-11)19-17(22)18-12(2)16(21)13-6-8-15(20)9-7-13/h3-10,12,16,20-21H,1-2H3,(H2,18,19,22)/t12-,16-/m1/s1. The maximum atomic E-state index is 12.0. The maximum Gasteiger partial charge on any atom is 0.319 e. The van der Waals surface area contributed by atoms with Gasteiger partial charge >= 0.3 is 6.03 Å². The Morgan fingerprint density at radius 3 is 2.45 bits per heavy atom. The number of aliphatic hydroxyl groups is 1. The van der Waals surface area contributed by atoms with Crippen molar-refractivity contribution in [2.24, 2.45) is 0 Å². The van der Waals surface area contributed by atoms with E-state index in [4.69, 9.17) is 0 Å². The molecule has 0 aliphatic heterocycles. The number of carbonyl (C=O) groups is 1. The van der Waals surface area contributed by atoms with Gasteiger partial charge in [-0.1, -0.05) is 24.3 Å². The molecule has 0 aromatic heterocycles. The van der Waals surface area contributed by atoms with Crippen molar-refractivity contribution in [1.82, 2.24) is 5.32 Å². The predicted molar refractivity (Wildman–Crippen MR) is 85.9 cm³/mol. The van der Waals surface area contributed by atoms with Crippen LogP contribution in [0.3, 0.4) is 0 Å². The van der Waals surface area contributed by atoms with Crippen molar-refractivity contribution in [3.05, 3.63) is 59.7 Å². The van der Waals surface area contributed by atoms with E-state index < -0.39 is 12.1 Å². The first-order chi connectivity index (χ1) is 10.5. The molecule has 5 heteroatoms. The highest BCUT2D eigenvalue weighted by atomic mass is 16.3. The van der Waals surface area contributed by atoms with E-state index in [-0.39, 0.29) is 11.8 Å². The van der Waals surface area contributed by atoms with Gasteiger partial charge < -0.3 is 20.8 Å². The van der Waals surface area contributed by atoms with Crippen LogP contribution in [0.5, 0.6) is 5.75 Å². The number of hydrogen-bond acceptors (Lipinski definition) is 3. The Balaban J connectivity index is 1.94. The summed E-state index contributed by atoms with van der Waals surface area (Å²) in [5.74, 6) is 0.133. The number of phenolic OH excluding ortho intramolecular Hbond substituents is 1. The van der Waals surface area contributed by atoms with Crippen molar-refractivity contribution in [3.8, 4) is 5.75 Å². The lowest BCUT2D eigenvalue weighted by molar-refractivity contribution is 0.139. The Morgan fingerprint density at radius 1 is 1.14 bits per heavy atom. The molecule has 0 heterocycles. The lowest BCUT2D eigenvalue weighted by Gasteiger charge is -2.21. The van der Waals surface area contributed by atoms with Crippen LogP contribution in [0.4, 0.5) is 10.5 Å². The summed E-state index contributed by atoms with van der Waals surface area (Å²) >= 11 is 0. The lowest BCUT2D eigenvalue weighted by atomic mass is 10.0. The van der Waals surface area contributed by atoms with Crippen LogP contribution in [0.1, 0.15) is 24.2 Å². The lowest BCUT2D eigenvalue weighted by Crippen LogP contribution is -2.39. The number of aromatic hydroxyl groups is 1. The third-order valence-electron chi connectivity index (χ3n) is 3.34. The fraction of sp³-hybridized carbons (Fsp3) is 0.235. The summed E-state index contributed by atoms with van der Waals surface area (Å²) in [4.78, 5) is 12.0. The highest BCUT2D eigenvalue weighted by molar-refractivity contribution is 5.89. The molecule has 0 saturated heterocycles. The van der Waals surface area contributed by atoms with Crippen LogP contribution < -0.4 is 10.6 Å². The SMILES string of the molecule is Cc1cccc(NC(=O)N[C@H](C)[C@@H](O)c2ccc(O)cc2)c1. The van der Waals surface area contributed by atoms with E-state index in [1.165, 1.54) is 12.1 Å². The fourth-order valence-electron chi connectivity index (χ4n) is 2.14. The first kappa shape index (κ1) is 15.9. The summed E-state index contributed by atoms with van der Waals surface area (Å²) in [6, 6.07) is 12.8. The highest BCUT2D eigenvalue weighted by Crippen LogP contribution is 2.19. The molecule has 2 rings (SSSR count). The molecule has 0 radical (unpaired) electrons. The second-order valence-corrected chi connectivity index (χ2v) is 5.29. The number of carbonyl (C=O) groups excluding carboxylic acids is 1. The zero-order valence-electron chi connectivity index (χ0n) is 12.6. The average molecular weight is 300 g/mol. The minimum Gasteiger partial charge on any atom is -0.508 e. The van der Waals surface area contributed by atoms with Crippen molar-refractivity contribution in [2.75, 3.05) is 5.32 Å². The second kappa shape index (κ2) is 6.95. The predicted octanol–water partition coefficient (Wildman–Crippen LogP) is 2.94. The van der Waals surface area contributed by atoms with Gasteiger partial charge in [0.05, 0.1) is 12.1 Å². The van der Waals surface area contributed by atoms with Gasteiger partial charge in [-0.2, -0.15) is 0 Å². The Labute approximate surface area is 129 Å². The van der Waals surface area contributed by atoms with Crippen molar-refractivity contribution in [2.45, 2.75) is 26.0 Å². The molecule has 0 aliphatic rings. The molecule has 2 atom stereocenters. The topological polar surface area (TPSA) is 81.6 Å². The number of rotatable bonds is 4. The van der Waals surface area contributed by atoms with Gasteiger partial charge in [0.15, 0.2) is 0 Å². The molecule has 0 spiro atoms. The van der Waals surface area contributed by atoms with Crippen LogP contribution in [0, 0.1) is 6.92 Å². The highest BCUT2D eigenvalue weighted by Gasteiger charge is 2.18. The monoisotopic (exact) mass is 300 g/mol. The molecular formula is C17H20N2O3. The molecule has 2 amide bonds. The summed E-state index contributed by atoms with van der Waals surface area (Å²) in [6.45, 7) is 3.66. The number of anilines is 1. The first-order valence-electron chi connectivity index (χ1n) is 7.07. The maximum absolute atomic E-state index is 12.0. The molecule has 0 saturated carbocycles. The molecule has 4 N–H and O–H groups in total. The molecule has 2 aromatic rings. The second-order valence-electron chi connectivity index (χ2n) is 5.29. The molecule has 0 fully saturated rings. The van der Waals surface area contributed by atoms with Crippen LogP contribution in [-0.4, -0.2) is 22.3 Å². The fourth-order valence-corrected chi connectivity index (χ4v) is 2.14. The number of aliphatic hydroxyl groups excluding tert-OH is 1. The normalized spacial score (nSPS) is 13.2. The van der Waals surface area contributed by atoms with E-state index in [0.717, 1.165) is 5.56 Å². The van der Waals surface area contributed by atoms with Crippen molar-refractivity contribution < 1.29 is 15.0 Å². The molecule has 2 aromatic carbocycles. The van der Waals surface area contributed by atoms with Crippen molar-refractivity contribution in [1.29, 1.82) is 0 Å². The number of urea groups is 1. The van der Waals surface area contributed by atoms with Crippen LogP contribution in [0.25, 0.3) is 0 Å². The van der Waals surface area contributed by atoms with E-state index >= 15 is 0 Å². The molecule has 0 unspecified atom stereocenters. The number of aryl methyl sites for hydroxylation is 1. The van der Waals surface area contributed by atoms with Crippen molar-refractivity contribution >= 4 is 11.7 Å². The zero-order chi connectivity index (χ0) is 16.1. The molecular weight excluding hydrogens is 280 g/mol. The van der Waals surface area contributed by atoms with E-state index in [1.807, 2.05) is 25.1 Å².